The second-order valence-electron chi connectivity index (χ2n) is 4.59. The fourth-order valence-corrected chi connectivity index (χ4v) is 2.37. The monoisotopic (exact) mass is 214 g/mol. The van der Waals surface area contributed by atoms with Gasteiger partial charge >= 0.3 is 0 Å². The predicted molar refractivity (Wildman–Crippen MR) is 66.0 cm³/mol. The molecule has 0 radical (unpaired) electrons. The summed E-state index contributed by atoms with van der Waals surface area (Å²) in [5.41, 5.74) is 0. The van der Waals surface area contributed by atoms with Gasteiger partial charge in [-0.05, 0) is 25.7 Å². The third kappa shape index (κ3) is 4.36. The molecule has 0 fully saturated rings. The first-order valence-corrected chi connectivity index (χ1v) is 6.43. The molecular weight excluding hydrogens is 192 g/mol. The van der Waals surface area contributed by atoms with E-state index in [-0.39, 0.29) is 0 Å². The summed E-state index contributed by atoms with van der Waals surface area (Å²) >= 11 is 1.87. The summed E-state index contributed by atoms with van der Waals surface area (Å²) in [6.45, 7) is 9.99. The Kier molecular flexibility index (Phi) is 4.79. The van der Waals surface area contributed by atoms with E-state index in [1.807, 2.05) is 11.8 Å². The Bertz CT molecular complexity index is 201. The molecule has 14 heavy (non-hydrogen) atoms. The summed E-state index contributed by atoms with van der Waals surface area (Å²) < 4.78 is 0. The van der Waals surface area contributed by atoms with Crippen LogP contribution in [0, 0.1) is 5.92 Å². The minimum atomic E-state index is 0.564. The van der Waals surface area contributed by atoms with Crippen LogP contribution >= 0.6 is 11.8 Å². The maximum atomic E-state index is 4.45. The van der Waals surface area contributed by atoms with Crippen molar-refractivity contribution in [2.75, 3.05) is 6.54 Å². The van der Waals surface area contributed by atoms with Crippen molar-refractivity contribution in [1.29, 1.82) is 0 Å². The van der Waals surface area contributed by atoms with Gasteiger partial charge in [0.25, 0.3) is 0 Å². The van der Waals surface area contributed by atoms with Gasteiger partial charge in [-0.2, -0.15) is 0 Å². The highest BCUT2D eigenvalue weighted by atomic mass is 32.2. The van der Waals surface area contributed by atoms with E-state index in [2.05, 4.69) is 38.0 Å². The van der Waals surface area contributed by atoms with E-state index >= 15 is 0 Å². The lowest BCUT2D eigenvalue weighted by Crippen LogP contribution is -2.30. The maximum Gasteiger partial charge on any atom is 0.157 e. The van der Waals surface area contributed by atoms with Gasteiger partial charge in [0.05, 0.1) is 6.54 Å². The van der Waals surface area contributed by atoms with E-state index in [1.165, 1.54) is 12.8 Å². The van der Waals surface area contributed by atoms with Crippen LogP contribution in [0.2, 0.25) is 0 Å². The van der Waals surface area contributed by atoms with E-state index in [0.717, 1.165) is 17.6 Å². The molecule has 1 aliphatic rings. The van der Waals surface area contributed by atoms with Crippen LogP contribution < -0.4 is 5.32 Å². The van der Waals surface area contributed by atoms with Gasteiger partial charge in [-0.1, -0.05) is 32.5 Å². The third-order valence-electron chi connectivity index (χ3n) is 2.35. The van der Waals surface area contributed by atoms with E-state index in [1.54, 1.807) is 0 Å². The van der Waals surface area contributed by atoms with Crippen LogP contribution in [0.4, 0.5) is 0 Å². The van der Waals surface area contributed by atoms with E-state index in [9.17, 15) is 0 Å². The average molecular weight is 214 g/mol. The largest absolute Gasteiger partial charge is 0.362 e. The lowest BCUT2D eigenvalue weighted by Gasteiger charge is -2.15. The van der Waals surface area contributed by atoms with Gasteiger partial charge in [0, 0.05) is 11.3 Å². The predicted octanol–water partition coefficient (Wildman–Crippen LogP) is 2.89. The summed E-state index contributed by atoms with van der Waals surface area (Å²) in [4.78, 5) is 4.45. The van der Waals surface area contributed by atoms with Gasteiger partial charge in [0.1, 0.15) is 0 Å². The quantitative estimate of drug-likeness (QED) is 0.778. The van der Waals surface area contributed by atoms with Crippen LogP contribution in [-0.2, 0) is 0 Å². The summed E-state index contributed by atoms with van der Waals surface area (Å²) in [5, 5.41) is 5.29. The standard InChI is InChI=1S/C11H22N2S/c1-8(2)5-6-9(3)13-11-12-7-10(4)14-11/h8-10H,5-7H2,1-4H3,(H,12,13). The van der Waals surface area contributed by atoms with Crippen molar-refractivity contribution in [1.82, 2.24) is 5.32 Å². The Hall–Kier alpha value is -0.180. The molecule has 0 aliphatic carbocycles. The normalized spacial score (nSPS) is 23.8. The van der Waals surface area contributed by atoms with E-state index in [0.29, 0.717) is 11.3 Å². The second-order valence-corrected chi connectivity index (χ2v) is 6.02. The van der Waals surface area contributed by atoms with Crippen LogP contribution in [0.25, 0.3) is 0 Å². The molecule has 1 N–H and O–H groups in total. The van der Waals surface area contributed by atoms with Gasteiger partial charge in [-0.15, -0.1) is 0 Å². The summed E-state index contributed by atoms with van der Waals surface area (Å²) in [5.74, 6) is 0.802. The minimum absolute atomic E-state index is 0.564. The van der Waals surface area contributed by atoms with Crippen LogP contribution in [0.15, 0.2) is 4.99 Å². The summed E-state index contributed by atoms with van der Waals surface area (Å²) in [6.07, 6.45) is 2.54. The van der Waals surface area contributed by atoms with Crippen LogP contribution in [0.3, 0.4) is 0 Å². The molecule has 0 bridgehead atoms. The Morgan fingerprint density at radius 3 is 2.64 bits per heavy atom. The van der Waals surface area contributed by atoms with Gasteiger partial charge in [0.15, 0.2) is 5.17 Å². The number of aliphatic imine (C=N–C) groups is 1. The highest BCUT2D eigenvalue weighted by Gasteiger charge is 2.16. The van der Waals surface area contributed by atoms with Crippen molar-refractivity contribution in [3.8, 4) is 0 Å². The lowest BCUT2D eigenvalue weighted by molar-refractivity contribution is 0.494. The number of nitrogens with one attached hydrogen (secondary N) is 1. The minimum Gasteiger partial charge on any atom is -0.362 e. The first-order valence-electron chi connectivity index (χ1n) is 5.55. The molecule has 2 atom stereocenters. The average Bonchev–Trinajstić information content (AvgIpc) is 2.48. The Balaban J connectivity index is 2.17. The van der Waals surface area contributed by atoms with Crippen molar-refractivity contribution >= 4 is 16.9 Å². The molecule has 2 nitrogen and oxygen atoms in total. The molecule has 0 spiro atoms. The molecule has 0 aromatic rings. The highest BCUT2D eigenvalue weighted by molar-refractivity contribution is 8.14. The first kappa shape index (κ1) is 11.9. The van der Waals surface area contributed by atoms with Gasteiger partial charge in [-0.3, -0.25) is 4.99 Å². The fraction of sp³-hybridized carbons (Fsp3) is 0.909. The number of hydrogen-bond acceptors (Lipinski definition) is 3. The van der Waals surface area contributed by atoms with Crippen LogP contribution in [0.5, 0.6) is 0 Å². The molecule has 0 saturated carbocycles. The lowest BCUT2D eigenvalue weighted by atomic mass is 10.0. The molecule has 0 amide bonds. The van der Waals surface area contributed by atoms with Crippen molar-refractivity contribution < 1.29 is 0 Å². The molecule has 1 rings (SSSR count). The third-order valence-corrected chi connectivity index (χ3v) is 3.37. The molecule has 1 aliphatic heterocycles. The number of thioether (sulfide) groups is 1. The molecule has 0 aromatic carbocycles. The van der Waals surface area contributed by atoms with Gasteiger partial charge in [-0.25, -0.2) is 0 Å². The van der Waals surface area contributed by atoms with Crippen LogP contribution in [0.1, 0.15) is 40.5 Å². The van der Waals surface area contributed by atoms with Crippen LogP contribution in [-0.4, -0.2) is 23.0 Å². The second kappa shape index (κ2) is 5.64. The van der Waals surface area contributed by atoms with Crippen molar-refractivity contribution in [2.45, 2.75) is 51.8 Å². The first-order chi connectivity index (χ1) is 6.58. The van der Waals surface area contributed by atoms with E-state index in [4.69, 9.17) is 0 Å². The van der Waals surface area contributed by atoms with Gasteiger partial charge < -0.3 is 5.32 Å². The maximum absolute atomic E-state index is 4.45. The SMILES string of the molecule is CC(C)CCC(C)NC1=NCC(C)S1. The molecule has 0 aromatic heterocycles. The highest BCUT2D eigenvalue weighted by Crippen LogP contribution is 2.19. The Labute approximate surface area is 92.0 Å². The zero-order valence-corrected chi connectivity index (χ0v) is 10.5. The van der Waals surface area contributed by atoms with Crippen molar-refractivity contribution in [3.63, 3.8) is 0 Å². The number of hydrogen-bond donors (Lipinski definition) is 1. The molecule has 0 saturated heterocycles. The zero-order chi connectivity index (χ0) is 10.6. The molecule has 82 valence electrons. The molecule has 1 heterocycles. The topological polar surface area (TPSA) is 24.4 Å². The molecule has 3 heteroatoms. The number of nitrogens with zero attached hydrogens (tertiary/aromatic N) is 1. The smallest absolute Gasteiger partial charge is 0.157 e. The van der Waals surface area contributed by atoms with Crippen molar-refractivity contribution in [3.05, 3.63) is 0 Å². The summed E-state index contributed by atoms with van der Waals surface area (Å²) in [7, 11) is 0. The summed E-state index contributed by atoms with van der Waals surface area (Å²) in [6, 6.07) is 0.564. The Morgan fingerprint density at radius 1 is 1.43 bits per heavy atom. The van der Waals surface area contributed by atoms with E-state index < -0.39 is 0 Å². The number of amidine groups is 1. The molecular formula is C11H22N2S. The van der Waals surface area contributed by atoms with Gasteiger partial charge in [0.2, 0.25) is 0 Å². The molecule has 2 unspecified atom stereocenters. The van der Waals surface area contributed by atoms with Crippen molar-refractivity contribution in [2.24, 2.45) is 10.9 Å². The zero-order valence-electron chi connectivity index (χ0n) is 9.71. The Morgan fingerprint density at radius 2 is 2.14 bits per heavy atom. The number of rotatable bonds is 4. The fourth-order valence-electron chi connectivity index (χ4n) is 1.42.